The van der Waals surface area contributed by atoms with Gasteiger partial charge in [0.25, 0.3) is 5.91 Å². The van der Waals surface area contributed by atoms with E-state index in [1.54, 1.807) is 23.5 Å². The summed E-state index contributed by atoms with van der Waals surface area (Å²) in [6, 6.07) is 14.9. The molecule has 150 valence electrons. The lowest BCUT2D eigenvalue weighted by molar-refractivity contribution is 0.0628. The number of thiazole rings is 1. The third-order valence-electron chi connectivity index (χ3n) is 5.02. The predicted octanol–water partition coefficient (Wildman–Crippen LogP) is 2.42. The fourth-order valence-corrected chi connectivity index (χ4v) is 4.43. The molecule has 7 nitrogen and oxygen atoms in total. The van der Waals surface area contributed by atoms with Crippen molar-refractivity contribution >= 4 is 33.5 Å². The monoisotopic (exact) mass is 409 g/mol. The van der Waals surface area contributed by atoms with Gasteiger partial charge in [-0.15, -0.1) is 11.3 Å². The number of carbonyl (C=O) groups excluding carboxylic acids is 2. The molecule has 0 bridgehead atoms. The average Bonchev–Trinajstić information content (AvgIpc) is 3.15. The van der Waals surface area contributed by atoms with Gasteiger partial charge >= 0.3 is 6.03 Å². The van der Waals surface area contributed by atoms with Crippen molar-refractivity contribution < 1.29 is 9.59 Å². The number of para-hydroxylation sites is 1. The first-order valence-corrected chi connectivity index (χ1v) is 10.4. The average molecular weight is 410 g/mol. The summed E-state index contributed by atoms with van der Waals surface area (Å²) < 4.78 is 1.21. The zero-order valence-corrected chi connectivity index (χ0v) is 16.8. The number of carbonyl (C=O) groups is 2. The summed E-state index contributed by atoms with van der Waals surface area (Å²) in [6.45, 7) is 4.26. The number of nitrogens with two attached hydrogens (primary N) is 1. The van der Waals surface area contributed by atoms with Crippen molar-refractivity contribution in [3.8, 4) is 0 Å². The van der Waals surface area contributed by atoms with Gasteiger partial charge in [0.15, 0.2) is 0 Å². The SMILES string of the molecule is NC(=O)NCc1ccc(C(=O)N2CCN(Cc3nc4ccccc4s3)CC2)cc1. The van der Waals surface area contributed by atoms with Crippen LogP contribution in [0.1, 0.15) is 20.9 Å². The van der Waals surface area contributed by atoms with Gasteiger partial charge in [0, 0.05) is 38.3 Å². The van der Waals surface area contributed by atoms with Crippen molar-refractivity contribution in [1.82, 2.24) is 20.1 Å². The molecular formula is C21H23N5O2S. The number of primary amides is 1. The minimum atomic E-state index is -0.561. The van der Waals surface area contributed by atoms with Crippen LogP contribution in [0.25, 0.3) is 10.2 Å². The van der Waals surface area contributed by atoms with Crippen LogP contribution in [-0.4, -0.2) is 52.9 Å². The number of nitrogens with one attached hydrogen (secondary N) is 1. The van der Waals surface area contributed by atoms with E-state index in [1.165, 1.54) is 4.70 Å². The van der Waals surface area contributed by atoms with E-state index in [-0.39, 0.29) is 5.91 Å². The third kappa shape index (κ3) is 4.72. The topological polar surface area (TPSA) is 91.6 Å². The summed E-state index contributed by atoms with van der Waals surface area (Å²) in [5.74, 6) is 0.0408. The van der Waals surface area contributed by atoms with E-state index in [1.807, 2.05) is 35.2 Å². The van der Waals surface area contributed by atoms with Crippen molar-refractivity contribution in [3.63, 3.8) is 0 Å². The smallest absolute Gasteiger partial charge is 0.312 e. The molecule has 0 radical (unpaired) electrons. The lowest BCUT2D eigenvalue weighted by atomic mass is 10.1. The van der Waals surface area contributed by atoms with Gasteiger partial charge in [0.05, 0.1) is 16.8 Å². The third-order valence-corrected chi connectivity index (χ3v) is 6.05. The summed E-state index contributed by atoms with van der Waals surface area (Å²) >= 11 is 1.73. The van der Waals surface area contributed by atoms with Crippen LogP contribution < -0.4 is 11.1 Å². The van der Waals surface area contributed by atoms with Crippen LogP contribution in [0.5, 0.6) is 0 Å². The van der Waals surface area contributed by atoms with Gasteiger partial charge < -0.3 is 16.0 Å². The van der Waals surface area contributed by atoms with Crippen molar-refractivity contribution in [2.75, 3.05) is 26.2 Å². The van der Waals surface area contributed by atoms with E-state index in [4.69, 9.17) is 10.7 Å². The van der Waals surface area contributed by atoms with Crippen LogP contribution >= 0.6 is 11.3 Å². The first-order valence-electron chi connectivity index (χ1n) is 9.57. The van der Waals surface area contributed by atoms with Crippen LogP contribution in [-0.2, 0) is 13.1 Å². The molecule has 1 aliphatic heterocycles. The molecule has 3 amide bonds. The largest absolute Gasteiger partial charge is 0.352 e. The highest BCUT2D eigenvalue weighted by Gasteiger charge is 2.22. The fraction of sp³-hybridized carbons (Fsp3) is 0.286. The second-order valence-electron chi connectivity index (χ2n) is 7.06. The summed E-state index contributed by atoms with van der Waals surface area (Å²) in [4.78, 5) is 32.5. The highest BCUT2D eigenvalue weighted by Crippen LogP contribution is 2.23. The number of amides is 3. The lowest BCUT2D eigenvalue weighted by Crippen LogP contribution is -2.48. The van der Waals surface area contributed by atoms with Crippen LogP contribution in [0.15, 0.2) is 48.5 Å². The molecule has 29 heavy (non-hydrogen) atoms. The summed E-state index contributed by atoms with van der Waals surface area (Å²) in [5.41, 5.74) is 7.69. The molecule has 4 rings (SSSR count). The molecule has 0 atom stereocenters. The molecule has 0 aliphatic carbocycles. The van der Waals surface area contributed by atoms with Gasteiger partial charge in [-0.1, -0.05) is 24.3 Å². The van der Waals surface area contributed by atoms with Crippen molar-refractivity contribution in [2.45, 2.75) is 13.1 Å². The van der Waals surface area contributed by atoms with E-state index >= 15 is 0 Å². The van der Waals surface area contributed by atoms with E-state index in [9.17, 15) is 9.59 Å². The minimum Gasteiger partial charge on any atom is -0.352 e. The van der Waals surface area contributed by atoms with Gasteiger partial charge in [0.2, 0.25) is 0 Å². The van der Waals surface area contributed by atoms with Crippen molar-refractivity contribution in [2.24, 2.45) is 5.73 Å². The van der Waals surface area contributed by atoms with E-state index in [0.29, 0.717) is 25.2 Å². The summed E-state index contributed by atoms with van der Waals surface area (Å²) in [6.07, 6.45) is 0. The molecule has 1 aromatic heterocycles. The standard InChI is InChI=1S/C21H23N5O2S/c22-21(28)23-13-15-5-7-16(8-6-15)20(27)26-11-9-25(10-12-26)14-19-24-17-3-1-2-4-18(17)29-19/h1-8H,9-14H2,(H3,22,23,28). The maximum atomic E-state index is 12.8. The second kappa shape index (κ2) is 8.59. The molecule has 3 N–H and O–H groups in total. The number of rotatable bonds is 5. The number of benzene rings is 2. The number of piperazine rings is 1. The van der Waals surface area contributed by atoms with Crippen LogP contribution in [0, 0.1) is 0 Å². The summed E-state index contributed by atoms with van der Waals surface area (Å²) in [7, 11) is 0. The normalized spacial score (nSPS) is 14.8. The van der Waals surface area contributed by atoms with E-state index in [0.717, 1.165) is 35.7 Å². The number of aromatic nitrogens is 1. The zero-order chi connectivity index (χ0) is 20.2. The molecule has 0 unspecified atom stereocenters. The van der Waals surface area contributed by atoms with Crippen LogP contribution in [0.4, 0.5) is 4.79 Å². The Labute approximate surface area is 173 Å². The van der Waals surface area contributed by atoms with Gasteiger partial charge in [-0.3, -0.25) is 9.69 Å². The van der Waals surface area contributed by atoms with Crippen LogP contribution in [0.3, 0.4) is 0 Å². The first-order chi connectivity index (χ1) is 14.1. The number of nitrogens with zero attached hydrogens (tertiary/aromatic N) is 3. The highest BCUT2D eigenvalue weighted by atomic mass is 32.1. The molecule has 1 fully saturated rings. The van der Waals surface area contributed by atoms with Gasteiger partial charge in [0.1, 0.15) is 5.01 Å². The first kappa shape index (κ1) is 19.4. The van der Waals surface area contributed by atoms with Crippen molar-refractivity contribution in [1.29, 1.82) is 0 Å². The Morgan fingerprint density at radius 3 is 2.45 bits per heavy atom. The molecule has 0 spiro atoms. The second-order valence-corrected chi connectivity index (χ2v) is 8.17. The van der Waals surface area contributed by atoms with Gasteiger partial charge in [-0.25, -0.2) is 9.78 Å². The Balaban J connectivity index is 1.30. The van der Waals surface area contributed by atoms with Gasteiger partial charge in [-0.2, -0.15) is 0 Å². The highest BCUT2D eigenvalue weighted by molar-refractivity contribution is 7.18. The Bertz CT molecular complexity index is 976. The Morgan fingerprint density at radius 2 is 1.76 bits per heavy atom. The quantitative estimate of drug-likeness (QED) is 0.677. The van der Waals surface area contributed by atoms with Crippen LogP contribution in [0.2, 0.25) is 0 Å². The number of hydrogen-bond donors (Lipinski definition) is 2. The zero-order valence-electron chi connectivity index (χ0n) is 16.0. The fourth-order valence-electron chi connectivity index (χ4n) is 3.42. The Morgan fingerprint density at radius 1 is 1.03 bits per heavy atom. The molecule has 1 aliphatic rings. The lowest BCUT2D eigenvalue weighted by Gasteiger charge is -2.34. The molecule has 0 saturated carbocycles. The maximum absolute atomic E-state index is 12.8. The maximum Gasteiger partial charge on any atom is 0.312 e. The molecule has 3 aromatic rings. The van der Waals surface area contributed by atoms with Gasteiger partial charge in [-0.05, 0) is 29.8 Å². The Hall–Kier alpha value is -2.97. The number of urea groups is 1. The van der Waals surface area contributed by atoms with E-state index in [2.05, 4.69) is 16.3 Å². The molecule has 2 aromatic carbocycles. The number of hydrogen-bond acceptors (Lipinski definition) is 5. The molecule has 2 heterocycles. The van der Waals surface area contributed by atoms with Crippen molar-refractivity contribution in [3.05, 3.63) is 64.7 Å². The molecule has 1 saturated heterocycles. The Kier molecular flexibility index (Phi) is 5.73. The predicted molar refractivity (Wildman–Crippen MR) is 114 cm³/mol. The molecule has 8 heteroatoms. The summed E-state index contributed by atoms with van der Waals surface area (Å²) in [5, 5.41) is 3.66. The minimum absolute atomic E-state index is 0.0408. The molecular weight excluding hydrogens is 386 g/mol. The number of fused-ring (bicyclic) bond motifs is 1. The van der Waals surface area contributed by atoms with E-state index < -0.39 is 6.03 Å².